The first-order chi connectivity index (χ1) is 8.34. The zero-order valence-corrected chi connectivity index (χ0v) is 10.3. The number of phenols is 1. The average molecular weight is 235 g/mol. The average Bonchev–Trinajstić information content (AvgIpc) is 2.60. The monoisotopic (exact) mass is 235 g/mol. The summed E-state index contributed by atoms with van der Waals surface area (Å²) >= 11 is 0. The van der Waals surface area contributed by atoms with Gasteiger partial charge in [0.2, 0.25) is 0 Å². The van der Waals surface area contributed by atoms with Gasteiger partial charge < -0.3 is 9.84 Å². The largest absolute Gasteiger partial charge is 0.508 e. The van der Waals surface area contributed by atoms with E-state index in [1.807, 2.05) is 0 Å². The summed E-state index contributed by atoms with van der Waals surface area (Å²) in [5, 5.41) is 9.15. The highest BCUT2D eigenvalue weighted by molar-refractivity contribution is 5.29. The predicted octanol–water partition coefficient (Wildman–Crippen LogP) is 2.65. The summed E-state index contributed by atoms with van der Waals surface area (Å²) in [6, 6.07) is 6.91. The number of benzene rings is 1. The van der Waals surface area contributed by atoms with Crippen LogP contribution in [0.15, 0.2) is 24.3 Å². The van der Waals surface area contributed by atoms with Crippen LogP contribution >= 0.6 is 0 Å². The van der Waals surface area contributed by atoms with Crippen LogP contribution in [0.4, 0.5) is 0 Å². The van der Waals surface area contributed by atoms with Gasteiger partial charge >= 0.3 is 0 Å². The van der Waals surface area contributed by atoms with Crippen LogP contribution < -0.4 is 4.74 Å². The fraction of sp³-hybridized carbons (Fsp3) is 0.571. The molecule has 17 heavy (non-hydrogen) atoms. The number of phenolic OH excluding ortho intramolecular Hbond substituents is 1. The van der Waals surface area contributed by atoms with Crippen molar-refractivity contribution in [3.8, 4) is 11.5 Å². The van der Waals surface area contributed by atoms with Crippen molar-refractivity contribution in [1.82, 2.24) is 4.90 Å². The van der Waals surface area contributed by atoms with Crippen molar-refractivity contribution >= 4 is 0 Å². The molecule has 0 radical (unpaired) electrons. The molecule has 1 fully saturated rings. The van der Waals surface area contributed by atoms with Crippen molar-refractivity contribution in [2.75, 3.05) is 26.2 Å². The molecule has 1 aromatic rings. The Labute approximate surface area is 103 Å². The second-order valence-corrected chi connectivity index (χ2v) is 4.60. The van der Waals surface area contributed by atoms with Crippen molar-refractivity contribution in [2.45, 2.75) is 25.7 Å². The van der Waals surface area contributed by atoms with Gasteiger partial charge in [0, 0.05) is 6.54 Å². The highest BCUT2D eigenvalue weighted by Gasteiger charge is 2.08. The minimum absolute atomic E-state index is 0.282. The van der Waals surface area contributed by atoms with Crippen molar-refractivity contribution in [1.29, 1.82) is 0 Å². The summed E-state index contributed by atoms with van der Waals surface area (Å²) in [6.45, 7) is 4.14. The molecule has 0 atom stereocenters. The quantitative estimate of drug-likeness (QED) is 0.871. The van der Waals surface area contributed by atoms with E-state index >= 15 is 0 Å². The molecule has 0 spiro atoms. The van der Waals surface area contributed by atoms with E-state index in [9.17, 15) is 0 Å². The topological polar surface area (TPSA) is 32.7 Å². The van der Waals surface area contributed by atoms with Crippen LogP contribution in [0.2, 0.25) is 0 Å². The molecule has 3 nitrogen and oxygen atoms in total. The highest BCUT2D eigenvalue weighted by Crippen LogP contribution is 2.16. The van der Waals surface area contributed by atoms with Crippen LogP contribution in [0.5, 0.6) is 11.5 Å². The third-order valence-corrected chi connectivity index (χ3v) is 3.21. The number of ether oxygens (including phenoxy) is 1. The molecule has 1 aliphatic rings. The molecule has 1 N–H and O–H groups in total. The summed E-state index contributed by atoms with van der Waals surface area (Å²) < 4.78 is 5.65. The molecule has 0 saturated carbocycles. The lowest BCUT2D eigenvalue weighted by atomic mass is 10.2. The summed E-state index contributed by atoms with van der Waals surface area (Å²) in [7, 11) is 0. The Kier molecular flexibility index (Phi) is 4.68. The van der Waals surface area contributed by atoms with Crippen LogP contribution in [0, 0.1) is 0 Å². The Morgan fingerprint density at radius 1 is 1.00 bits per heavy atom. The first-order valence-corrected chi connectivity index (χ1v) is 6.49. The van der Waals surface area contributed by atoms with E-state index in [-0.39, 0.29) is 5.75 Å². The van der Waals surface area contributed by atoms with Crippen molar-refractivity contribution in [3.63, 3.8) is 0 Å². The van der Waals surface area contributed by atoms with Crippen LogP contribution in [0.3, 0.4) is 0 Å². The molecular weight excluding hydrogens is 214 g/mol. The van der Waals surface area contributed by atoms with E-state index in [0.29, 0.717) is 0 Å². The number of hydrogen-bond acceptors (Lipinski definition) is 3. The van der Waals surface area contributed by atoms with E-state index in [2.05, 4.69) is 4.90 Å². The predicted molar refractivity (Wildman–Crippen MR) is 68.5 cm³/mol. The number of hydrogen-bond donors (Lipinski definition) is 1. The van der Waals surface area contributed by atoms with Gasteiger partial charge in [-0.3, -0.25) is 4.90 Å². The van der Waals surface area contributed by atoms with E-state index < -0.39 is 0 Å². The van der Waals surface area contributed by atoms with Gasteiger partial charge in [0.05, 0.1) is 0 Å². The fourth-order valence-electron chi connectivity index (χ4n) is 2.19. The number of likely N-dealkylation sites (tertiary alicyclic amines) is 1. The van der Waals surface area contributed by atoms with Gasteiger partial charge in [0.25, 0.3) is 0 Å². The summed E-state index contributed by atoms with van der Waals surface area (Å²) in [4.78, 5) is 2.48. The lowest BCUT2D eigenvalue weighted by molar-refractivity contribution is 0.214. The molecular formula is C14H21NO2. The lowest BCUT2D eigenvalue weighted by Gasteiger charge is -2.19. The van der Waals surface area contributed by atoms with Gasteiger partial charge in [-0.2, -0.15) is 0 Å². The van der Waals surface area contributed by atoms with Gasteiger partial charge in [-0.05, 0) is 50.2 Å². The first kappa shape index (κ1) is 12.2. The second-order valence-electron chi connectivity index (χ2n) is 4.60. The van der Waals surface area contributed by atoms with E-state index in [1.165, 1.54) is 38.8 Å². The molecule has 0 aromatic heterocycles. The van der Waals surface area contributed by atoms with Crippen LogP contribution in [-0.2, 0) is 0 Å². The number of nitrogens with zero attached hydrogens (tertiary/aromatic N) is 1. The maximum Gasteiger partial charge on any atom is 0.119 e. The summed E-state index contributed by atoms with van der Waals surface area (Å²) in [6.07, 6.45) is 5.38. The third-order valence-electron chi connectivity index (χ3n) is 3.21. The SMILES string of the molecule is Oc1ccc(OCCN2CCCCCC2)cc1. The second kappa shape index (κ2) is 6.50. The van der Waals surface area contributed by atoms with Gasteiger partial charge in [-0.1, -0.05) is 12.8 Å². The molecule has 0 amide bonds. The third kappa shape index (κ3) is 4.27. The Morgan fingerprint density at radius 2 is 1.65 bits per heavy atom. The van der Waals surface area contributed by atoms with Crippen molar-refractivity contribution < 1.29 is 9.84 Å². The van der Waals surface area contributed by atoms with Crippen LogP contribution in [-0.4, -0.2) is 36.2 Å². The van der Waals surface area contributed by atoms with Gasteiger partial charge in [0.15, 0.2) is 0 Å². The fourth-order valence-corrected chi connectivity index (χ4v) is 2.19. The van der Waals surface area contributed by atoms with Gasteiger partial charge in [-0.25, -0.2) is 0 Å². The summed E-state index contributed by atoms with van der Waals surface area (Å²) in [5.41, 5.74) is 0. The first-order valence-electron chi connectivity index (χ1n) is 6.49. The molecule has 1 aromatic carbocycles. The van der Waals surface area contributed by atoms with Crippen LogP contribution in [0.1, 0.15) is 25.7 Å². The molecule has 94 valence electrons. The minimum atomic E-state index is 0.282. The summed E-state index contributed by atoms with van der Waals surface area (Å²) in [5.74, 6) is 1.11. The Hall–Kier alpha value is -1.22. The standard InChI is InChI=1S/C14H21NO2/c16-13-5-7-14(8-6-13)17-12-11-15-9-3-1-2-4-10-15/h5-8,16H,1-4,9-12H2. The number of rotatable bonds is 4. The zero-order chi connectivity index (χ0) is 11.9. The normalized spacial score (nSPS) is 17.6. The zero-order valence-electron chi connectivity index (χ0n) is 10.3. The van der Waals surface area contributed by atoms with Gasteiger partial charge in [-0.15, -0.1) is 0 Å². The van der Waals surface area contributed by atoms with E-state index in [1.54, 1.807) is 24.3 Å². The number of aromatic hydroxyl groups is 1. The molecule has 1 saturated heterocycles. The van der Waals surface area contributed by atoms with E-state index in [0.717, 1.165) is 18.9 Å². The molecule has 0 aliphatic carbocycles. The van der Waals surface area contributed by atoms with Crippen molar-refractivity contribution in [2.24, 2.45) is 0 Å². The minimum Gasteiger partial charge on any atom is -0.508 e. The Bertz CT molecular complexity index is 315. The maximum absolute atomic E-state index is 9.15. The highest BCUT2D eigenvalue weighted by atomic mass is 16.5. The smallest absolute Gasteiger partial charge is 0.119 e. The lowest BCUT2D eigenvalue weighted by Crippen LogP contribution is -2.29. The molecule has 0 bridgehead atoms. The Morgan fingerprint density at radius 3 is 2.29 bits per heavy atom. The van der Waals surface area contributed by atoms with Crippen LogP contribution in [0.25, 0.3) is 0 Å². The molecule has 3 heteroatoms. The molecule has 2 rings (SSSR count). The van der Waals surface area contributed by atoms with Gasteiger partial charge in [0.1, 0.15) is 18.1 Å². The maximum atomic E-state index is 9.15. The Balaban J connectivity index is 1.69. The molecule has 0 unspecified atom stereocenters. The molecule has 1 heterocycles. The van der Waals surface area contributed by atoms with E-state index in [4.69, 9.17) is 9.84 Å². The van der Waals surface area contributed by atoms with Crippen molar-refractivity contribution in [3.05, 3.63) is 24.3 Å². The molecule has 1 aliphatic heterocycles.